The molecular formula is C12H12Br2O. The average molecular weight is 332 g/mol. The van der Waals surface area contributed by atoms with Gasteiger partial charge in [0.05, 0.1) is 6.10 Å². The third-order valence-corrected chi connectivity index (χ3v) is 3.93. The lowest BCUT2D eigenvalue weighted by Gasteiger charge is -2.10. The fraction of sp³-hybridized carbons (Fsp3) is 0.333. The molecular weight excluding hydrogens is 320 g/mol. The van der Waals surface area contributed by atoms with Crippen LogP contribution in [0.5, 0.6) is 0 Å². The number of hydrogen-bond donors (Lipinski definition) is 1. The maximum Gasteiger partial charge on any atom is 0.0799 e. The summed E-state index contributed by atoms with van der Waals surface area (Å²) in [6, 6.07) is 5.77. The van der Waals surface area contributed by atoms with Gasteiger partial charge in [0.2, 0.25) is 0 Å². The zero-order chi connectivity index (χ0) is 11.3. The zero-order valence-corrected chi connectivity index (χ0v) is 11.6. The van der Waals surface area contributed by atoms with E-state index < -0.39 is 6.10 Å². The summed E-state index contributed by atoms with van der Waals surface area (Å²) in [5, 5.41) is 9.86. The van der Waals surface area contributed by atoms with Crippen LogP contribution >= 0.6 is 31.9 Å². The normalized spacial score (nSPS) is 11.7. The maximum absolute atomic E-state index is 9.86. The second-order valence-corrected chi connectivity index (χ2v) is 4.86. The summed E-state index contributed by atoms with van der Waals surface area (Å²) in [7, 11) is 0. The molecule has 3 heteroatoms. The summed E-state index contributed by atoms with van der Waals surface area (Å²) in [6.45, 7) is 1.81. The molecule has 0 saturated heterocycles. The Morgan fingerprint density at radius 1 is 1.33 bits per heavy atom. The van der Waals surface area contributed by atoms with E-state index in [-0.39, 0.29) is 0 Å². The quantitative estimate of drug-likeness (QED) is 0.828. The summed E-state index contributed by atoms with van der Waals surface area (Å²) in [5.74, 6) is 5.76. The lowest BCUT2D eigenvalue weighted by molar-refractivity contribution is 0.169. The highest BCUT2D eigenvalue weighted by Gasteiger charge is 2.07. The van der Waals surface area contributed by atoms with E-state index in [1.807, 2.05) is 25.1 Å². The number of halogens is 2. The Morgan fingerprint density at radius 3 is 2.67 bits per heavy atom. The van der Waals surface area contributed by atoms with Crippen molar-refractivity contribution in [3.63, 3.8) is 0 Å². The van der Waals surface area contributed by atoms with E-state index >= 15 is 0 Å². The Kier molecular flexibility index (Phi) is 5.38. The smallest absolute Gasteiger partial charge is 0.0799 e. The molecule has 0 aromatic heterocycles. The minimum Gasteiger partial charge on any atom is -0.388 e. The Hall–Kier alpha value is -0.300. The predicted molar refractivity (Wildman–Crippen MR) is 69.5 cm³/mol. The first-order valence-electron chi connectivity index (χ1n) is 4.67. The van der Waals surface area contributed by atoms with E-state index in [2.05, 4.69) is 43.7 Å². The van der Waals surface area contributed by atoms with Crippen LogP contribution in [0.25, 0.3) is 0 Å². The Balaban J connectivity index is 2.68. The maximum atomic E-state index is 9.86. The number of hydrogen-bond acceptors (Lipinski definition) is 1. The SMILES string of the molecule is CC#CCCC(O)c1ccc(Br)c(Br)c1. The minimum absolute atomic E-state index is 0.435. The van der Waals surface area contributed by atoms with Crippen molar-refractivity contribution >= 4 is 31.9 Å². The standard InChI is InChI=1S/C12H12Br2O/c1-2-3-4-5-12(15)9-6-7-10(13)11(14)8-9/h6-8,12,15H,4-5H2,1H3. The van der Waals surface area contributed by atoms with Gasteiger partial charge in [-0.3, -0.25) is 0 Å². The highest BCUT2D eigenvalue weighted by Crippen LogP contribution is 2.27. The van der Waals surface area contributed by atoms with E-state index in [0.29, 0.717) is 6.42 Å². The second kappa shape index (κ2) is 6.32. The summed E-state index contributed by atoms with van der Waals surface area (Å²) in [4.78, 5) is 0. The molecule has 0 aliphatic rings. The Bertz CT molecular complexity index is 390. The first-order valence-corrected chi connectivity index (χ1v) is 6.26. The lowest BCUT2D eigenvalue weighted by atomic mass is 10.1. The molecule has 1 aromatic rings. The molecule has 0 spiro atoms. The highest BCUT2D eigenvalue weighted by molar-refractivity contribution is 9.13. The molecule has 0 amide bonds. The van der Waals surface area contributed by atoms with Gasteiger partial charge in [0.1, 0.15) is 0 Å². The molecule has 1 N–H and O–H groups in total. The molecule has 0 aliphatic carbocycles. The van der Waals surface area contributed by atoms with Crippen LogP contribution in [0, 0.1) is 11.8 Å². The molecule has 80 valence electrons. The van der Waals surface area contributed by atoms with Crippen molar-refractivity contribution in [1.29, 1.82) is 0 Å². The largest absolute Gasteiger partial charge is 0.388 e. The number of aliphatic hydroxyl groups is 1. The van der Waals surface area contributed by atoms with Crippen LogP contribution in [0.3, 0.4) is 0 Å². The lowest BCUT2D eigenvalue weighted by Crippen LogP contribution is -1.96. The fourth-order valence-electron chi connectivity index (χ4n) is 1.22. The topological polar surface area (TPSA) is 20.2 Å². The van der Waals surface area contributed by atoms with Crippen LogP contribution in [0.1, 0.15) is 31.4 Å². The monoisotopic (exact) mass is 330 g/mol. The van der Waals surface area contributed by atoms with Crippen LogP contribution in [0.2, 0.25) is 0 Å². The first kappa shape index (κ1) is 12.8. The molecule has 0 heterocycles. The average Bonchev–Trinajstić information content (AvgIpc) is 2.22. The van der Waals surface area contributed by atoms with Gasteiger partial charge in [0.25, 0.3) is 0 Å². The summed E-state index contributed by atoms with van der Waals surface area (Å²) >= 11 is 6.80. The molecule has 1 aromatic carbocycles. The third-order valence-electron chi connectivity index (χ3n) is 2.05. The van der Waals surface area contributed by atoms with Crippen LogP contribution in [0.4, 0.5) is 0 Å². The molecule has 0 aliphatic heterocycles. The second-order valence-electron chi connectivity index (χ2n) is 3.15. The van der Waals surface area contributed by atoms with Gasteiger partial charge in [-0.1, -0.05) is 6.07 Å². The zero-order valence-electron chi connectivity index (χ0n) is 8.43. The Morgan fingerprint density at radius 2 is 2.07 bits per heavy atom. The van der Waals surface area contributed by atoms with E-state index in [9.17, 15) is 5.11 Å². The Labute approximate surface area is 107 Å². The van der Waals surface area contributed by atoms with Gasteiger partial charge >= 0.3 is 0 Å². The fourth-order valence-corrected chi connectivity index (χ4v) is 1.86. The molecule has 1 rings (SSSR count). The van der Waals surface area contributed by atoms with E-state index in [4.69, 9.17) is 0 Å². The number of aliphatic hydroxyl groups excluding tert-OH is 1. The van der Waals surface area contributed by atoms with Gasteiger partial charge in [0, 0.05) is 15.4 Å². The first-order chi connectivity index (χ1) is 7.15. The van der Waals surface area contributed by atoms with E-state index in [1.54, 1.807) is 0 Å². The van der Waals surface area contributed by atoms with Crippen molar-refractivity contribution in [3.8, 4) is 11.8 Å². The minimum atomic E-state index is -0.435. The highest BCUT2D eigenvalue weighted by atomic mass is 79.9. The molecule has 15 heavy (non-hydrogen) atoms. The van der Waals surface area contributed by atoms with Crippen molar-refractivity contribution in [2.24, 2.45) is 0 Å². The van der Waals surface area contributed by atoms with Crippen LogP contribution < -0.4 is 0 Å². The molecule has 1 nitrogen and oxygen atoms in total. The molecule has 0 saturated carbocycles. The van der Waals surface area contributed by atoms with Crippen LogP contribution in [-0.2, 0) is 0 Å². The summed E-state index contributed by atoms with van der Waals surface area (Å²) < 4.78 is 1.95. The predicted octanol–water partition coefficient (Wildman–Crippen LogP) is 4.05. The van der Waals surface area contributed by atoms with Crippen molar-refractivity contribution in [2.75, 3.05) is 0 Å². The van der Waals surface area contributed by atoms with Gasteiger partial charge < -0.3 is 5.11 Å². The van der Waals surface area contributed by atoms with Gasteiger partial charge in [0.15, 0.2) is 0 Å². The summed E-state index contributed by atoms with van der Waals surface area (Å²) in [5.41, 5.74) is 0.919. The molecule has 0 bridgehead atoms. The van der Waals surface area contributed by atoms with Gasteiger partial charge in [-0.25, -0.2) is 0 Å². The van der Waals surface area contributed by atoms with Crippen molar-refractivity contribution in [1.82, 2.24) is 0 Å². The van der Waals surface area contributed by atoms with Gasteiger partial charge in [-0.15, -0.1) is 11.8 Å². The molecule has 1 atom stereocenters. The van der Waals surface area contributed by atoms with Gasteiger partial charge in [-0.05, 0) is 62.9 Å². The van der Waals surface area contributed by atoms with Crippen molar-refractivity contribution < 1.29 is 5.11 Å². The third kappa shape index (κ3) is 3.98. The molecule has 0 radical (unpaired) electrons. The van der Waals surface area contributed by atoms with Crippen LogP contribution in [0.15, 0.2) is 27.1 Å². The summed E-state index contributed by atoms with van der Waals surface area (Å²) in [6.07, 6.45) is 0.968. The van der Waals surface area contributed by atoms with Crippen molar-refractivity contribution in [3.05, 3.63) is 32.7 Å². The molecule has 1 unspecified atom stereocenters. The van der Waals surface area contributed by atoms with E-state index in [1.165, 1.54) is 0 Å². The van der Waals surface area contributed by atoms with Crippen LogP contribution in [-0.4, -0.2) is 5.11 Å². The van der Waals surface area contributed by atoms with E-state index in [0.717, 1.165) is 20.9 Å². The van der Waals surface area contributed by atoms with Gasteiger partial charge in [-0.2, -0.15) is 0 Å². The number of rotatable bonds is 3. The number of benzene rings is 1. The molecule has 0 fully saturated rings. The van der Waals surface area contributed by atoms with Crippen molar-refractivity contribution in [2.45, 2.75) is 25.9 Å².